The van der Waals surface area contributed by atoms with E-state index in [1.807, 2.05) is 31.2 Å². The van der Waals surface area contributed by atoms with E-state index in [0.717, 1.165) is 11.3 Å². The number of hydrogen-bond donors (Lipinski definition) is 3. The number of methoxy groups -OCH3 is 1. The number of aliphatic hydroxyl groups excluding tert-OH is 3. The van der Waals surface area contributed by atoms with Crippen molar-refractivity contribution in [3.63, 3.8) is 0 Å². The van der Waals surface area contributed by atoms with Crippen molar-refractivity contribution in [1.82, 2.24) is 4.98 Å². The molecule has 2 aromatic rings. The maximum atomic E-state index is 10.6. The van der Waals surface area contributed by atoms with E-state index in [4.69, 9.17) is 18.6 Å². The number of oxazole rings is 1. The highest BCUT2D eigenvalue weighted by Crippen LogP contribution is 2.38. The van der Waals surface area contributed by atoms with Gasteiger partial charge in [-0.1, -0.05) is 6.92 Å². The Morgan fingerprint density at radius 1 is 1.13 bits per heavy atom. The van der Waals surface area contributed by atoms with Crippen LogP contribution < -0.4 is 4.74 Å². The number of epoxide rings is 1. The van der Waals surface area contributed by atoms with Crippen LogP contribution in [0.1, 0.15) is 26.0 Å². The lowest BCUT2D eigenvalue weighted by atomic mass is 9.86. The third-order valence-electron chi connectivity index (χ3n) is 6.47. The summed E-state index contributed by atoms with van der Waals surface area (Å²) in [4.78, 5) is 4.31. The van der Waals surface area contributed by atoms with Gasteiger partial charge >= 0.3 is 0 Å². The highest BCUT2D eigenvalue weighted by molar-refractivity contribution is 5.54. The van der Waals surface area contributed by atoms with Crippen molar-refractivity contribution in [2.24, 2.45) is 11.8 Å². The Morgan fingerprint density at radius 3 is 2.55 bits per heavy atom. The van der Waals surface area contributed by atoms with Gasteiger partial charge in [-0.05, 0) is 37.6 Å². The van der Waals surface area contributed by atoms with Crippen molar-refractivity contribution in [2.75, 3.05) is 13.7 Å². The zero-order valence-corrected chi connectivity index (χ0v) is 18.0. The van der Waals surface area contributed by atoms with Crippen LogP contribution in [0.3, 0.4) is 0 Å². The minimum Gasteiger partial charge on any atom is -0.497 e. The number of aromatic nitrogens is 1. The standard InChI is InChI=1S/C23H31NO7/c1-12(13(2)25)22-19(31-22)8-15-11-29-18(21(27)20(15)26)9-17-10-24-23(30-17)14-4-6-16(28-3)7-5-14/h4-7,10,12-13,15,18-22,25-27H,8-9,11H2,1-3H3/t12-,13-,15-,18-,19-,20+,21-,22-/m0/s1. The van der Waals surface area contributed by atoms with Crippen LogP contribution in [0.5, 0.6) is 5.75 Å². The maximum Gasteiger partial charge on any atom is 0.226 e. The van der Waals surface area contributed by atoms with Crippen LogP contribution in [0.25, 0.3) is 11.5 Å². The Balaban J connectivity index is 1.31. The summed E-state index contributed by atoms with van der Waals surface area (Å²) in [6.07, 6.45) is -0.447. The number of rotatable bonds is 8. The predicted octanol–water partition coefficient (Wildman–Crippen LogP) is 1.80. The molecule has 1 aromatic carbocycles. The second-order valence-corrected chi connectivity index (χ2v) is 8.65. The Bertz CT molecular complexity index is 852. The van der Waals surface area contributed by atoms with E-state index in [1.54, 1.807) is 20.2 Å². The first-order valence-corrected chi connectivity index (χ1v) is 10.8. The third-order valence-corrected chi connectivity index (χ3v) is 6.47. The number of hydrogen-bond acceptors (Lipinski definition) is 8. The largest absolute Gasteiger partial charge is 0.497 e. The summed E-state index contributed by atoms with van der Waals surface area (Å²) in [6.45, 7) is 4.03. The summed E-state index contributed by atoms with van der Waals surface area (Å²) in [7, 11) is 1.61. The Hall–Kier alpha value is -1.97. The van der Waals surface area contributed by atoms with Crippen LogP contribution in [0.4, 0.5) is 0 Å². The summed E-state index contributed by atoms with van der Waals surface area (Å²) in [5.41, 5.74) is 0.822. The van der Waals surface area contributed by atoms with E-state index in [9.17, 15) is 15.3 Å². The van der Waals surface area contributed by atoms with Gasteiger partial charge in [-0.2, -0.15) is 0 Å². The van der Waals surface area contributed by atoms with Gasteiger partial charge < -0.3 is 33.9 Å². The molecule has 3 heterocycles. The van der Waals surface area contributed by atoms with Gasteiger partial charge in [0.1, 0.15) is 17.6 Å². The van der Waals surface area contributed by atoms with Crippen LogP contribution in [0, 0.1) is 11.8 Å². The van der Waals surface area contributed by atoms with Gasteiger partial charge in [-0.25, -0.2) is 4.98 Å². The van der Waals surface area contributed by atoms with Crippen molar-refractivity contribution in [3.05, 3.63) is 36.2 Å². The zero-order chi connectivity index (χ0) is 22.1. The molecule has 0 amide bonds. The molecule has 1 aromatic heterocycles. The average Bonchev–Trinajstić information content (AvgIpc) is 3.38. The molecule has 0 unspecified atom stereocenters. The Morgan fingerprint density at radius 2 is 1.87 bits per heavy atom. The van der Waals surface area contributed by atoms with Gasteiger partial charge in [0.25, 0.3) is 0 Å². The van der Waals surface area contributed by atoms with E-state index >= 15 is 0 Å². The molecule has 0 aliphatic carbocycles. The van der Waals surface area contributed by atoms with Gasteiger partial charge in [-0.15, -0.1) is 0 Å². The summed E-state index contributed by atoms with van der Waals surface area (Å²) in [6, 6.07) is 7.39. The molecular weight excluding hydrogens is 402 g/mol. The second kappa shape index (κ2) is 9.26. The zero-order valence-electron chi connectivity index (χ0n) is 18.0. The summed E-state index contributed by atoms with van der Waals surface area (Å²) < 4.78 is 22.5. The molecule has 8 atom stereocenters. The van der Waals surface area contributed by atoms with Crippen molar-refractivity contribution < 1.29 is 33.9 Å². The molecule has 2 saturated heterocycles. The summed E-state index contributed by atoms with van der Waals surface area (Å²) in [5.74, 6) is 1.63. The molecule has 170 valence electrons. The summed E-state index contributed by atoms with van der Waals surface area (Å²) >= 11 is 0. The van der Waals surface area contributed by atoms with Gasteiger partial charge in [0, 0.05) is 23.8 Å². The molecule has 0 spiro atoms. The molecular formula is C23H31NO7. The minimum atomic E-state index is -1.03. The highest BCUT2D eigenvalue weighted by Gasteiger charge is 2.48. The van der Waals surface area contributed by atoms with Crippen molar-refractivity contribution in [2.45, 2.75) is 63.3 Å². The molecule has 0 bridgehead atoms. The fraction of sp³-hybridized carbons (Fsp3) is 0.609. The first-order valence-electron chi connectivity index (χ1n) is 10.8. The number of ether oxygens (including phenoxy) is 3. The first-order chi connectivity index (χ1) is 14.9. The molecule has 0 saturated carbocycles. The lowest BCUT2D eigenvalue weighted by Gasteiger charge is -2.37. The Labute approximate surface area is 181 Å². The SMILES string of the molecule is COc1ccc(-c2ncc(C[C@@H]3OC[C@H](C[C@@H]4O[C@H]4[C@@H](C)[C@H](C)O)[C@@H](O)[C@H]3O)o2)cc1. The molecule has 0 radical (unpaired) electrons. The average molecular weight is 434 g/mol. The van der Waals surface area contributed by atoms with Crippen LogP contribution in [-0.4, -0.2) is 70.6 Å². The minimum absolute atomic E-state index is 0.00682. The summed E-state index contributed by atoms with van der Waals surface area (Å²) in [5, 5.41) is 31.0. The van der Waals surface area contributed by atoms with Crippen molar-refractivity contribution >= 4 is 0 Å². The van der Waals surface area contributed by atoms with Gasteiger partial charge in [0.05, 0.1) is 50.4 Å². The molecule has 8 nitrogen and oxygen atoms in total. The molecule has 4 rings (SSSR count). The smallest absolute Gasteiger partial charge is 0.226 e. The van der Waals surface area contributed by atoms with E-state index in [1.165, 1.54) is 0 Å². The highest BCUT2D eigenvalue weighted by atomic mass is 16.6. The van der Waals surface area contributed by atoms with Gasteiger partial charge in [-0.3, -0.25) is 0 Å². The normalized spacial score (nSPS) is 32.5. The van der Waals surface area contributed by atoms with E-state index < -0.39 is 24.4 Å². The van der Waals surface area contributed by atoms with Crippen molar-refractivity contribution in [3.8, 4) is 17.2 Å². The number of aliphatic hydroxyl groups is 3. The van der Waals surface area contributed by atoms with Crippen LogP contribution in [-0.2, 0) is 15.9 Å². The molecule has 8 heteroatoms. The first kappa shape index (κ1) is 22.2. The molecule has 2 aliphatic heterocycles. The van der Waals surface area contributed by atoms with E-state index in [2.05, 4.69) is 4.98 Å². The fourth-order valence-electron chi connectivity index (χ4n) is 4.18. The third kappa shape index (κ3) is 4.94. The molecule has 2 fully saturated rings. The van der Waals surface area contributed by atoms with Crippen LogP contribution >= 0.6 is 0 Å². The van der Waals surface area contributed by atoms with Crippen LogP contribution in [0.15, 0.2) is 34.9 Å². The fourth-order valence-corrected chi connectivity index (χ4v) is 4.18. The quantitative estimate of drug-likeness (QED) is 0.540. The lowest BCUT2D eigenvalue weighted by Crippen LogP contribution is -2.51. The lowest BCUT2D eigenvalue weighted by molar-refractivity contribution is -0.166. The Kier molecular flexibility index (Phi) is 6.64. The van der Waals surface area contributed by atoms with Gasteiger partial charge in [0.2, 0.25) is 5.89 Å². The van der Waals surface area contributed by atoms with Gasteiger partial charge in [0.15, 0.2) is 0 Å². The predicted molar refractivity (Wildman–Crippen MR) is 112 cm³/mol. The number of nitrogens with zero attached hydrogens (tertiary/aromatic N) is 1. The van der Waals surface area contributed by atoms with Crippen molar-refractivity contribution in [1.29, 1.82) is 0 Å². The molecule has 2 aliphatic rings. The maximum absolute atomic E-state index is 10.6. The monoisotopic (exact) mass is 433 g/mol. The number of benzene rings is 1. The van der Waals surface area contributed by atoms with E-state index in [-0.39, 0.29) is 24.0 Å². The van der Waals surface area contributed by atoms with E-state index in [0.29, 0.717) is 31.1 Å². The topological polar surface area (TPSA) is 118 Å². The van der Waals surface area contributed by atoms with Crippen LogP contribution in [0.2, 0.25) is 0 Å². The molecule has 3 N–H and O–H groups in total. The molecule has 31 heavy (non-hydrogen) atoms. The second-order valence-electron chi connectivity index (χ2n) is 8.65.